The van der Waals surface area contributed by atoms with Gasteiger partial charge in [0.1, 0.15) is 0 Å². The van der Waals surface area contributed by atoms with Crippen molar-refractivity contribution in [2.24, 2.45) is 11.7 Å². The minimum atomic E-state index is 0.428. The van der Waals surface area contributed by atoms with Crippen LogP contribution < -0.4 is 5.73 Å². The quantitative estimate of drug-likeness (QED) is 0.749. The van der Waals surface area contributed by atoms with Crippen LogP contribution in [-0.4, -0.2) is 5.16 Å². The van der Waals surface area contributed by atoms with E-state index in [1.54, 1.807) is 0 Å². The van der Waals surface area contributed by atoms with E-state index in [-0.39, 0.29) is 0 Å². The number of hydrogen-bond donors (Lipinski definition) is 1. The molecule has 0 aliphatic heterocycles. The van der Waals surface area contributed by atoms with E-state index >= 15 is 0 Å². The molecule has 0 aliphatic carbocycles. The van der Waals surface area contributed by atoms with Gasteiger partial charge in [-0.1, -0.05) is 25.9 Å². The zero-order valence-electron chi connectivity index (χ0n) is 7.87. The molecule has 2 N–H and O–H groups in total. The lowest BCUT2D eigenvalue weighted by atomic mass is 9.95. The van der Waals surface area contributed by atoms with Crippen molar-refractivity contribution >= 4 is 0 Å². The van der Waals surface area contributed by atoms with Gasteiger partial charge in [0.25, 0.3) is 0 Å². The second-order valence-corrected chi connectivity index (χ2v) is 3.45. The third-order valence-corrected chi connectivity index (χ3v) is 2.24. The van der Waals surface area contributed by atoms with Crippen LogP contribution in [0.5, 0.6) is 0 Å². The van der Waals surface area contributed by atoms with Gasteiger partial charge in [0.05, 0.1) is 12.2 Å². The average molecular weight is 168 g/mol. The number of aromatic nitrogens is 1. The molecule has 0 radical (unpaired) electrons. The molecule has 0 aliphatic rings. The van der Waals surface area contributed by atoms with E-state index in [1.165, 1.54) is 0 Å². The highest BCUT2D eigenvalue weighted by atomic mass is 16.5. The summed E-state index contributed by atoms with van der Waals surface area (Å²) in [5.41, 5.74) is 6.41. The van der Waals surface area contributed by atoms with Crippen LogP contribution in [0.1, 0.15) is 38.1 Å². The van der Waals surface area contributed by atoms with Crippen LogP contribution in [0.15, 0.2) is 10.6 Å². The van der Waals surface area contributed by atoms with Gasteiger partial charge in [-0.15, -0.1) is 0 Å². The molecule has 3 heteroatoms. The molecule has 0 saturated heterocycles. The number of hydrogen-bond acceptors (Lipinski definition) is 3. The fourth-order valence-electron chi connectivity index (χ4n) is 0.981. The van der Waals surface area contributed by atoms with E-state index in [4.69, 9.17) is 10.3 Å². The third kappa shape index (κ3) is 1.85. The Bertz CT molecular complexity index is 242. The molecule has 1 heterocycles. The van der Waals surface area contributed by atoms with E-state index in [1.807, 2.05) is 6.07 Å². The molecule has 0 bridgehead atoms. The number of nitrogens with zero attached hydrogens (tertiary/aromatic N) is 1. The summed E-state index contributed by atoms with van der Waals surface area (Å²) >= 11 is 0. The lowest BCUT2D eigenvalue weighted by Crippen LogP contribution is -2.01. The van der Waals surface area contributed by atoms with Crippen molar-refractivity contribution in [1.29, 1.82) is 0 Å². The lowest BCUT2D eigenvalue weighted by molar-refractivity contribution is 0.368. The average Bonchev–Trinajstić information content (AvgIpc) is 2.50. The van der Waals surface area contributed by atoms with Gasteiger partial charge >= 0.3 is 0 Å². The summed E-state index contributed by atoms with van der Waals surface area (Å²) in [6.45, 7) is 6.91. The van der Waals surface area contributed by atoms with Crippen LogP contribution in [0.3, 0.4) is 0 Å². The normalized spacial score (nSPS) is 13.8. The molecular formula is C9H16N2O. The summed E-state index contributed by atoms with van der Waals surface area (Å²) in [6.07, 6.45) is 0. The second kappa shape index (κ2) is 3.72. The smallest absolute Gasteiger partial charge is 0.150 e. The fourth-order valence-corrected chi connectivity index (χ4v) is 0.981. The van der Waals surface area contributed by atoms with E-state index in [9.17, 15) is 0 Å². The molecule has 0 fully saturated rings. The lowest BCUT2D eigenvalue weighted by Gasteiger charge is -2.10. The van der Waals surface area contributed by atoms with Crippen molar-refractivity contribution < 1.29 is 4.52 Å². The van der Waals surface area contributed by atoms with Crippen LogP contribution in [0.25, 0.3) is 0 Å². The standard InChI is InChI=1S/C9H16N2O/c1-6(2)7(3)9-4-8(5-10)12-11-9/h4,6-7H,5,10H2,1-3H3. The first-order valence-corrected chi connectivity index (χ1v) is 4.30. The summed E-state index contributed by atoms with van der Waals surface area (Å²) in [5, 5.41) is 3.95. The van der Waals surface area contributed by atoms with Gasteiger partial charge in [-0.05, 0) is 5.92 Å². The zero-order chi connectivity index (χ0) is 9.14. The predicted molar refractivity (Wildman–Crippen MR) is 47.6 cm³/mol. The maximum absolute atomic E-state index is 5.41. The Labute approximate surface area is 72.9 Å². The molecule has 1 unspecified atom stereocenters. The zero-order valence-corrected chi connectivity index (χ0v) is 7.87. The van der Waals surface area contributed by atoms with Crippen molar-refractivity contribution in [1.82, 2.24) is 5.16 Å². The molecule has 3 nitrogen and oxygen atoms in total. The summed E-state index contributed by atoms with van der Waals surface area (Å²) < 4.78 is 5.01. The number of nitrogens with two attached hydrogens (primary N) is 1. The minimum Gasteiger partial charge on any atom is -0.360 e. The maximum atomic E-state index is 5.41. The van der Waals surface area contributed by atoms with Gasteiger partial charge in [-0.2, -0.15) is 0 Å². The summed E-state index contributed by atoms with van der Waals surface area (Å²) in [7, 11) is 0. The van der Waals surface area contributed by atoms with Crippen LogP contribution in [0.2, 0.25) is 0 Å². The first-order chi connectivity index (χ1) is 5.65. The Kier molecular flexibility index (Phi) is 2.87. The highest BCUT2D eigenvalue weighted by molar-refractivity contribution is 5.10. The van der Waals surface area contributed by atoms with Gasteiger partial charge in [0, 0.05) is 12.0 Å². The van der Waals surface area contributed by atoms with Crippen LogP contribution in [0.4, 0.5) is 0 Å². The van der Waals surface area contributed by atoms with Gasteiger partial charge < -0.3 is 10.3 Å². The maximum Gasteiger partial charge on any atom is 0.150 e. The molecular weight excluding hydrogens is 152 g/mol. The van der Waals surface area contributed by atoms with E-state index in [0.29, 0.717) is 18.4 Å². The van der Waals surface area contributed by atoms with Gasteiger partial charge in [0.15, 0.2) is 5.76 Å². The molecule has 12 heavy (non-hydrogen) atoms. The highest BCUT2D eigenvalue weighted by Crippen LogP contribution is 2.22. The molecule has 0 aromatic carbocycles. The highest BCUT2D eigenvalue weighted by Gasteiger charge is 2.14. The van der Waals surface area contributed by atoms with Crippen molar-refractivity contribution in [3.63, 3.8) is 0 Å². The second-order valence-electron chi connectivity index (χ2n) is 3.45. The van der Waals surface area contributed by atoms with Crippen molar-refractivity contribution in [2.75, 3.05) is 0 Å². The van der Waals surface area contributed by atoms with Crippen LogP contribution in [0, 0.1) is 5.92 Å². The van der Waals surface area contributed by atoms with E-state index < -0.39 is 0 Å². The Morgan fingerprint density at radius 1 is 1.50 bits per heavy atom. The molecule has 0 spiro atoms. The fraction of sp³-hybridized carbons (Fsp3) is 0.667. The first kappa shape index (κ1) is 9.26. The molecule has 1 atom stereocenters. The Morgan fingerprint density at radius 3 is 2.58 bits per heavy atom. The molecule has 68 valence electrons. The monoisotopic (exact) mass is 168 g/mol. The van der Waals surface area contributed by atoms with E-state index in [2.05, 4.69) is 25.9 Å². The van der Waals surface area contributed by atoms with Crippen LogP contribution in [-0.2, 0) is 6.54 Å². The van der Waals surface area contributed by atoms with E-state index in [0.717, 1.165) is 11.5 Å². The molecule has 1 aromatic heterocycles. The Hall–Kier alpha value is -0.830. The summed E-state index contributed by atoms with van der Waals surface area (Å²) in [5.74, 6) is 1.78. The Morgan fingerprint density at radius 2 is 2.17 bits per heavy atom. The van der Waals surface area contributed by atoms with Crippen LogP contribution >= 0.6 is 0 Å². The summed E-state index contributed by atoms with van der Waals surface area (Å²) in [6, 6.07) is 1.94. The largest absolute Gasteiger partial charge is 0.360 e. The minimum absolute atomic E-state index is 0.428. The van der Waals surface area contributed by atoms with Crippen molar-refractivity contribution in [2.45, 2.75) is 33.2 Å². The van der Waals surface area contributed by atoms with Gasteiger partial charge in [-0.3, -0.25) is 0 Å². The summed E-state index contributed by atoms with van der Waals surface area (Å²) in [4.78, 5) is 0. The topological polar surface area (TPSA) is 52.0 Å². The van der Waals surface area contributed by atoms with Crippen molar-refractivity contribution in [3.8, 4) is 0 Å². The molecule has 0 saturated carbocycles. The molecule has 0 amide bonds. The predicted octanol–water partition coefficient (Wildman–Crippen LogP) is 1.89. The first-order valence-electron chi connectivity index (χ1n) is 4.30. The SMILES string of the molecule is CC(C)C(C)c1cc(CN)on1. The third-order valence-electron chi connectivity index (χ3n) is 2.24. The molecule has 1 aromatic rings. The van der Waals surface area contributed by atoms with Crippen molar-refractivity contribution in [3.05, 3.63) is 17.5 Å². The van der Waals surface area contributed by atoms with Gasteiger partial charge in [-0.25, -0.2) is 0 Å². The Balaban J connectivity index is 2.74. The number of rotatable bonds is 3. The molecule has 1 rings (SSSR count). The van der Waals surface area contributed by atoms with Gasteiger partial charge in [0.2, 0.25) is 0 Å².